The summed E-state index contributed by atoms with van der Waals surface area (Å²) in [6.45, 7) is 5.06. The number of aliphatic hydroxyl groups is 1. The molecule has 0 spiro atoms. The number of carbonyl (C=O) groups excluding carboxylic acids is 2. The highest BCUT2D eigenvalue weighted by molar-refractivity contribution is 6.04. The van der Waals surface area contributed by atoms with Crippen molar-refractivity contribution in [3.05, 3.63) is 48.2 Å². The molecule has 0 saturated carbocycles. The van der Waals surface area contributed by atoms with Crippen molar-refractivity contribution in [1.29, 1.82) is 0 Å². The Balaban J connectivity index is 1.31. The average Bonchev–Trinajstić information content (AvgIpc) is 3.42. The maximum absolute atomic E-state index is 15.1. The second kappa shape index (κ2) is 10.0. The van der Waals surface area contributed by atoms with Gasteiger partial charge in [0.15, 0.2) is 23.1 Å². The van der Waals surface area contributed by atoms with Crippen molar-refractivity contribution in [2.45, 2.75) is 38.8 Å². The number of halogens is 1. The number of urea groups is 1. The van der Waals surface area contributed by atoms with E-state index >= 15 is 4.39 Å². The Hall–Kier alpha value is -4.45. The number of aromatic amines is 1. The second-order valence-electron chi connectivity index (χ2n) is 9.82. The summed E-state index contributed by atoms with van der Waals surface area (Å²) in [4.78, 5) is 37.3. The van der Waals surface area contributed by atoms with Crippen LogP contribution in [0.4, 0.5) is 9.18 Å². The quantitative estimate of drug-likeness (QED) is 0.216. The Morgan fingerprint density at radius 3 is 2.62 bits per heavy atom. The van der Waals surface area contributed by atoms with Gasteiger partial charge in [0, 0.05) is 29.2 Å². The van der Waals surface area contributed by atoms with Gasteiger partial charge in [0.05, 0.1) is 30.2 Å². The normalized spacial score (nSPS) is 15.7. The third-order valence-electron chi connectivity index (χ3n) is 6.44. The number of rotatable bonds is 9. The lowest BCUT2D eigenvalue weighted by Gasteiger charge is -2.23. The largest absolute Gasteiger partial charge is 0.493 e. The molecule has 0 radical (unpaired) electrons. The smallest absolute Gasteiger partial charge is 0.324 e. The van der Waals surface area contributed by atoms with E-state index in [0.717, 1.165) is 10.6 Å². The molecule has 1 atom stereocenters. The molecule has 5 rings (SSSR count). The lowest BCUT2D eigenvalue weighted by molar-refractivity contribution is -0.132. The highest BCUT2D eigenvalue weighted by Crippen LogP contribution is 2.37. The second-order valence-corrected chi connectivity index (χ2v) is 9.82. The van der Waals surface area contributed by atoms with E-state index in [2.05, 4.69) is 20.3 Å². The Morgan fingerprint density at radius 1 is 1.10 bits per heavy atom. The summed E-state index contributed by atoms with van der Waals surface area (Å²) >= 11 is 0. The summed E-state index contributed by atoms with van der Waals surface area (Å²) in [5, 5.41) is 13.5. The highest BCUT2D eigenvalue weighted by Gasteiger charge is 2.45. The molecule has 1 aliphatic heterocycles. The van der Waals surface area contributed by atoms with Crippen LogP contribution in [0.15, 0.2) is 36.7 Å². The first-order valence-electron chi connectivity index (χ1n) is 12.3. The molecule has 39 heavy (non-hydrogen) atoms. The van der Waals surface area contributed by atoms with E-state index in [9.17, 15) is 14.7 Å². The van der Waals surface area contributed by atoms with Gasteiger partial charge in [-0.2, -0.15) is 0 Å². The lowest BCUT2D eigenvalue weighted by atomic mass is 9.99. The van der Waals surface area contributed by atoms with Gasteiger partial charge < -0.3 is 29.6 Å². The third-order valence-corrected chi connectivity index (χ3v) is 6.44. The lowest BCUT2D eigenvalue weighted by Crippen LogP contribution is -2.48. The monoisotopic (exact) mass is 537 g/mol. The van der Waals surface area contributed by atoms with Crippen molar-refractivity contribution >= 4 is 33.7 Å². The van der Waals surface area contributed by atoms with Crippen molar-refractivity contribution < 1.29 is 33.3 Å². The molecule has 4 aromatic rings. The van der Waals surface area contributed by atoms with Crippen LogP contribution in [0.5, 0.6) is 23.1 Å². The maximum Gasteiger partial charge on any atom is 0.324 e. The fourth-order valence-corrected chi connectivity index (χ4v) is 4.48. The highest BCUT2D eigenvalue weighted by atomic mass is 19.1. The number of carbonyl (C=O) groups is 2. The van der Waals surface area contributed by atoms with Crippen molar-refractivity contribution in [2.75, 3.05) is 20.3 Å². The molecule has 1 saturated heterocycles. The fourth-order valence-electron chi connectivity index (χ4n) is 4.48. The Morgan fingerprint density at radius 2 is 1.90 bits per heavy atom. The third kappa shape index (κ3) is 5.02. The van der Waals surface area contributed by atoms with Crippen molar-refractivity contribution in [3.8, 4) is 23.1 Å². The van der Waals surface area contributed by atoms with E-state index in [1.54, 1.807) is 24.3 Å². The van der Waals surface area contributed by atoms with Crippen LogP contribution in [0.1, 0.15) is 26.0 Å². The first kappa shape index (κ1) is 26.2. The summed E-state index contributed by atoms with van der Waals surface area (Å²) < 4.78 is 32.3. The number of ether oxygens (including phenoxy) is 3. The first-order chi connectivity index (χ1) is 18.6. The number of hydrogen-bond acceptors (Lipinski definition) is 8. The SMILES string of the molecule is COc1cc2c(Oc3ccc4[nH]c(C)cc4c3F)ncnc2cc1OCCCN1C(=O)NC(C(C)(C)O)C1=O. The Kier molecular flexibility index (Phi) is 6.73. The van der Waals surface area contributed by atoms with Gasteiger partial charge in [-0.15, -0.1) is 0 Å². The van der Waals surface area contributed by atoms with E-state index in [0.29, 0.717) is 39.7 Å². The van der Waals surface area contributed by atoms with Crippen LogP contribution in [0.3, 0.4) is 0 Å². The zero-order valence-electron chi connectivity index (χ0n) is 21.9. The number of fused-ring (bicyclic) bond motifs is 2. The zero-order chi connectivity index (χ0) is 27.9. The van der Waals surface area contributed by atoms with Crippen LogP contribution < -0.4 is 19.5 Å². The minimum atomic E-state index is -1.37. The van der Waals surface area contributed by atoms with Gasteiger partial charge in [-0.05, 0) is 51.5 Å². The van der Waals surface area contributed by atoms with Crippen molar-refractivity contribution in [2.24, 2.45) is 0 Å². The molecule has 0 aliphatic carbocycles. The molecule has 1 fully saturated rings. The summed E-state index contributed by atoms with van der Waals surface area (Å²) in [6.07, 6.45) is 1.65. The number of H-pyrrole nitrogens is 1. The Labute approximate surface area is 222 Å². The minimum absolute atomic E-state index is 0.0214. The molecule has 1 unspecified atom stereocenters. The average molecular weight is 538 g/mol. The van der Waals surface area contributed by atoms with Crippen molar-refractivity contribution in [3.63, 3.8) is 0 Å². The molecule has 3 N–H and O–H groups in total. The molecule has 0 bridgehead atoms. The van der Waals surface area contributed by atoms with E-state index in [-0.39, 0.29) is 24.8 Å². The van der Waals surface area contributed by atoms with Crippen LogP contribution in [-0.4, -0.2) is 68.8 Å². The number of aryl methyl sites for hydroxylation is 1. The molecule has 3 amide bonds. The van der Waals surface area contributed by atoms with Gasteiger partial charge in [-0.25, -0.2) is 19.2 Å². The van der Waals surface area contributed by atoms with Crippen LogP contribution in [0.2, 0.25) is 0 Å². The molecule has 2 aromatic carbocycles. The summed E-state index contributed by atoms with van der Waals surface area (Å²) in [5.74, 6) is -0.0618. The molecule has 1 aliphatic rings. The predicted molar refractivity (Wildman–Crippen MR) is 140 cm³/mol. The van der Waals surface area contributed by atoms with Gasteiger partial charge in [-0.3, -0.25) is 9.69 Å². The topological polar surface area (TPSA) is 139 Å². The van der Waals surface area contributed by atoms with E-state index in [1.165, 1.54) is 33.4 Å². The van der Waals surface area contributed by atoms with Gasteiger partial charge >= 0.3 is 6.03 Å². The fraction of sp³-hybridized carbons (Fsp3) is 0.333. The number of imide groups is 1. The Bertz CT molecular complexity index is 1580. The molecule has 11 nitrogen and oxygen atoms in total. The van der Waals surface area contributed by atoms with Gasteiger partial charge in [-0.1, -0.05) is 0 Å². The number of nitrogens with one attached hydrogen (secondary N) is 2. The van der Waals surface area contributed by atoms with E-state index < -0.39 is 29.4 Å². The predicted octanol–water partition coefficient (Wildman–Crippen LogP) is 3.82. The molecule has 2 aromatic heterocycles. The summed E-state index contributed by atoms with van der Waals surface area (Å²) in [5.41, 5.74) is 0.608. The van der Waals surface area contributed by atoms with E-state index in [1.807, 2.05) is 6.92 Å². The number of aromatic nitrogens is 3. The zero-order valence-corrected chi connectivity index (χ0v) is 21.9. The van der Waals surface area contributed by atoms with Gasteiger partial charge in [0.2, 0.25) is 5.88 Å². The van der Waals surface area contributed by atoms with Crippen LogP contribution in [0.25, 0.3) is 21.8 Å². The number of hydrogen-bond donors (Lipinski definition) is 3. The van der Waals surface area contributed by atoms with Crippen molar-refractivity contribution in [1.82, 2.24) is 25.2 Å². The number of amides is 3. The van der Waals surface area contributed by atoms with Crippen LogP contribution in [0, 0.1) is 12.7 Å². The van der Waals surface area contributed by atoms with Crippen LogP contribution in [-0.2, 0) is 4.79 Å². The molecule has 204 valence electrons. The standard InChI is InChI=1S/C27H28FN5O6/c1-14-10-15-17(31-14)6-7-19(22(15)28)39-24-16-11-20(37-4)21(12-18(16)29-13-30-24)38-9-5-8-33-25(34)23(27(2,3)36)32-26(33)35/h6-7,10-13,23,31,36H,5,8-9H2,1-4H3,(H,32,35). The molecule has 12 heteroatoms. The van der Waals surface area contributed by atoms with Crippen LogP contribution >= 0.6 is 0 Å². The maximum atomic E-state index is 15.1. The molecule has 3 heterocycles. The number of benzene rings is 2. The first-order valence-corrected chi connectivity index (χ1v) is 12.3. The summed E-state index contributed by atoms with van der Waals surface area (Å²) in [7, 11) is 1.48. The number of methoxy groups -OCH3 is 1. The van der Waals surface area contributed by atoms with Gasteiger partial charge in [0.25, 0.3) is 5.91 Å². The minimum Gasteiger partial charge on any atom is -0.493 e. The summed E-state index contributed by atoms with van der Waals surface area (Å²) in [6, 6.07) is 6.72. The molecular weight excluding hydrogens is 509 g/mol. The van der Waals surface area contributed by atoms with E-state index in [4.69, 9.17) is 14.2 Å². The number of nitrogens with zero attached hydrogens (tertiary/aromatic N) is 3. The molecular formula is C27H28FN5O6. The van der Waals surface area contributed by atoms with Gasteiger partial charge in [0.1, 0.15) is 12.4 Å².